The molecule has 5 heteroatoms. The summed E-state index contributed by atoms with van der Waals surface area (Å²) in [6.07, 6.45) is 0.897. The van der Waals surface area contributed by atoms with E-state index in [-0.39, 0.29) is 6.17 Å². The van der Waals surface area contributed by atoms with Gasteiger partial charge in [-0.25, -0.2) is 9.98 Å². The minimum atomic E-state index is -0.0337. The van der Waals surface area contributed by atoms with Crippen molar-refractivity contribution in [2.45, 2.75) is 26.4 Å². The van der Waals surface area contributed by atoms with Crippen LogP contribution in [0.25, 0.3) is 0 Å². The van der Waals surface area contributed by atoms with Crippen LogP contribution in [0.4, 0.5) is 0 Å². The molecule has 1 aliphatic heterocycles. The zero-order valence-corrected chi connectivity index (χ0v) is 9.28. The fourth-order valence-corrected chi connectivity index (χ4v) is 1.26. The molecule has 0 aliphatic carbocycles. The normalized spacial score (nSPS) is 21.4. The quantitative estimate of drug-likeness (QED) is 0.664. The number of nitrogens with two attached hydrogens (primary N) is 1. The number of nitrogens with zero attached hydrogens (tertiary/aromatic N) is 3. The molecular formula is C9H19N5. The van der Waals surface area contributed by atoms with E-state index in [0.29, 0.717) is 11.9 Å². The number of hydrogen-bond acceptors (Lipinski definition) is 5. The third-order valence-electron chi connectivity index (χ3n) is 1.91. The molecule has 0 fully saturated rings. The molecule has 0 saturated heterocycles. The molecule has 0 aromatic rings. The molecule has 1 rings (SSSR count). The highest BCUT2D eigenvalue weighted by molar-refractivity contribution is 5.99. The van der Waals surface area contributed by atoms with Crippen LogP contribution in [-0.2, 0) is 0 Å². The van der Waals surface area contributed by atoms with Gasteiger partial charge in [-0.3, -0.25) is 5.32 Å². The summed E-state index contributed by atoms with van der Waals surface area (Å²) in [5, 5.41) is 2.92. The van der Waals surface area contributed by atoms with Gasteiger partial charge >= 0.3 is 0 Å². The molecule has 1 heterocycles. The van der Waals surface area contributed by atoms with Gasteiger partial charge in [0.15, 0.2) is 5.96 Å². The second kappa shape index (κ2) is 4.30. The van der Waals surface area contributed by atoms with Crippen molar-refractivity contribution >= 4 is 11.9 Å². The topological polar surface area (TPSA) is 66.0 Å². The molecule has 14 heavy (non-hydrogen) atoms. The number of hydrogen-bond donors (Lipinski definition) is 2. The fraction of sp³-hybridized carbons (Fsp3) is 0.778. The van der Waals surface area contributed by atoms with Crippen LogP contribution in [-0.4, -0.2) is 37.1 Å². The third kappa shape index (κ3) is 2.90. The van der Waals surface area contributed by atoms with E-state index in [1.807, 2.05) is 19.0 Å². The van der Waals surface area contributed by atoms with Gasteiger partial charge in [-0.05, 0) is 12.3 Å². The van der Waals surface area contributed by atoms with Crippen LogP contribution < -0.4 is 11.1 Å². The number of aliphatic imine (C=N–C) groups is 2. The maximum atomic E-state index is 5.66. The molecule has 1 atom stereocenters. The average Bonchev–Trinajstić information content (AvgIpc) is 2.01. The predicted molar refractivity (Wildman–Crippen MR) is 59.1 cm³/mol. The maximum Gasteiger partial charge on any atom is 0.202 e. The van der Waals surface area contributed by atoms with Gasteiger partial charge in [0.2, 0.25) is 5.96 Å². The molecule has 3 N–H and O–H groups in total. The van der Waals surface area contributed by atoms with Gasteiger partial charge in [0, 0.05) is 14.1 Å². The molecule has 0 aromatic carbocycles. The SMILES string of the molecule is CC(C)CC1N=C(N)NC(N(C)C)=N1. The Bertz CT molecular complexity index is 254. The summed E-state index contributed by atoms with van der Waals surface area (Å²) in [7, 11) is 3.85. The Balaban J connectivity index is 2.69. The van der Waals surface area contributed by atoms with Crippen molar-refractivity contribution < 1.29 is 0 Å². The molecule has 0 radical (unpaired) electrons. The van der Waals surface area contributed by atoms with E-state index < -0.39 is 0 Å². The highest BCUT2D eigenvalue weighted by Crippen LogP contribution is 2.11. The Morgan fingerprint density at radius 3 is 2.57 bits per heavy atom. The minimum Gasteiger partial charge on any atom is -0.370 e. The lowest BCUT2D eigenvalue weighted by Crippen LogP contribution is -2.47. The van der Waals surface area contributed by atoms with Gasteiger partial charge in [-0.2, -0.15) is 0 Å². The van der Waals surface area contributed by atoms with E-state index >= 15 is 0 Å². The lowest BCUT2D eigenvalue weighted by atomic mass is 10.1. The zero-order valence-electron chi connectivity index (χ0n) is 9.28. The van der Waals surface area contributed by atoms with Crippen LogP contribution in [0, 0.1) is 5.92 Å². The number of guanidine groups is 2. The van der Waals surface area contributed by atoms with E-state index in [9.17, 15) is 0 Å². The highest BCUT2D eigenvalue weighted by Gasteiger charge is 2.16. The van der Waals surface area contributed by atoms with E-state index in [4.69, 9.17) is 5.73 Å². The summed E-state index contributed by atoms with van der Waals surface area (Å²) >= 11 is 0. The second-order valence-corrected chi connectivity index (χ2v) is 4.10. The van der Waals surface area contributed by atoms with Crippen LogP contribution in [0.2, 0.25) is 0 Å². The summed E-state index contributed by atoms with van der Waals surface area (Å²) in [5.41, 5.74) is 5.66. The standard InChI is InChI=1S/C9H19N5/c1-6(2)5-7-11-8(10)13-9(12-7)14(3)4/h6-7H,5H2,1-4H3,(H3,10,11,12,13). The van der Waals surface area contributed by atoms with Gasteiger partial charge < -0.3 is 10.6 Å². The molecule has 1 aliphatic rings. The largest absolute Gasteiger partial charge is 0.370 e. The summed E-state index contributed by atoms with van der Waals surface area (Å²) in [4.78, 5) is 10.6. The van der Waals surface area contributed by atoms with E-state index in [1.54, 1.807) is 0 Å². The summed E-state index contributed by atoms with van der Waals surface area (Å²) in [5.74, 6) is 1.80. The molecule has 1 unspecified atom stereocenters. The Morgan fingerprint density at radius 1 is 1.43 bits per heavy atom. The van der Waals surface area contributed by atoms with Crippen LogP contribution in [0.5, 0.6) is 0 Å². The van der Waals surface area contributed by atoms with E-state index in [1.165, 1.54) is 0 Å². The molecule has 5 nitrogen and oxygen atoms in total. The highest BCUT2D eigenvalue weighted by atomic mass is 15.4. The molecular weight excluding hydrogens is 178 g/mol. The van der Waals surface area contributed by atoms with Gasteiger partial charge in [0.25, 0.3) is 0 Å². The van der Waals surface area contributed by atoms with Gasteiger partial charge in [-0.1, -0.05) is 13.8 Å². The van der Waals surface area contributed by atoms with Crippen LogP contribution in [0.1, 0.15) is 20.3 Å². The minimum absolute atomic E-state index is 0.0337. The van der Waals surface area contributed by atoms with Crippen molar-refractivity contribution in [3.05, 3.63) is 0 Å². The lowest BCUT2D eigenvalue weighted by Gasteiger charge is -2.24. The van der Waals surface area contributed by atoms with Crippen LogP contribution in [0.15, 0.2) is 9.98 Å². The van der Waals surface area contributed by atoms with Crippen molar-refractivity contribution in [1.29, 1.82) is 0 Å². The van der Waals surface area contributed by atoms with Crippen molar-refractivity contribution in [1.82, 2.24) is 10.2 Å². The first kappa shape index (κ1) is 10.8. The summed E-state index contributed by atoms with van der Waals surface area (Å²) in [6.45, 7) is 4.30. The van der Waals surface area contributed by atoms with Crippen molar-refractivity contribution in [3.8, 4) is 0 Å². The first-order valence-electron chi connectivity index (χ1n) is 4.84. The monoisotopic (exact) mass is 197 g/mol. The molecule has 0 bridgehead atoms. The van der Waals surface area contributed by atoms with Gasteiger partial charge in [0.05, 0.1) is 0 Å². The molecule has 0 amide bonds. The Hall–Kier alpha value is -1.26. The molecule has 0 spiro atoms. The third-order valence-corrected chi connectivity index (χ3v) is 1.91. The molecule has 80 valence electrons. The molecule has 0 saturated carbocycles. The average molecular weight is 197 g/mol. The number of nitrogens with one attached hydrogen (secondary N) is 1. The van der Waals surface area contributed by atoms with E-state index in [0.717, 1.165) is 12.4 Å². The fourth-order valence-electron chi connectivity index (χ4n) is 1.26. The van der Waals surface area contributed by atoms with Crippen LogP contribution >= 0.6 is 0 Å². The Morgan fingerprint density at radius 2 is 2.07 bits per heavy atom. The molecule has 0 aromatic heterocycles. The van der Waals surface area contributed by atoms with Crippen molar-refractivity contribution in [2.75, 3.05) is 14.1 Å². The first-order valence-corrected chi connectivity index (χ1v) is 4.84. The van der Waals surface area contributed by atoms with Crippen molar-refractivity contribution in [2.24, 2.45) is 21.6 Å². The Kier molecular flexibility index (Phi) is 3.33. The smallest absolute Gasteiger partial charge is 0.202 e. The van der Waals surface area contributed by atoms with Gasteiger partial charge in [-0.15, -0.1) is 0 Å². The maximum absolute atomic E-state index is 5.66. The van der Waals surface area contributed by atoms with E-state index in [2.05, 4.69) is 29.1 Å². The summed E-state index contributed by atoms with van der Waals surface area (Å²) < 4.78 is 0. The van der Waals surface area contributed by atoms with Crippen molar-refractivity contribution in [3.63, 3.8) is 0 Å². The zero-order chi connectivity index (χ0) is 10.7. The van der Waals surface area contributed by atoms with Gasteiger partial charge in [0.1, 0.15) is 6.17 Å². The first-order chi connectivity index (χ1) is 6.49. The van der Waals surface area contributed by atoms with Crippen LogP contribution in [0.3, 0.4) is 0 Å². The predicted octanol–water partition coefficient (Wildman–Crippen LogP) is 0.194. The summed E-state index contributed by atoms with van der Waals surface area (Å²) in [6, 6.07) is 0. The Labute approximate surface area is 85.1 Å². The number of rotatable bonds is 2. The lowest BCUT2D eigenvalue weighted by molar-refractivity contribution is 0.489. The second-order valence-electron chi connectivity index (χ2n) is 4.10.